The van der Waals surface area contributed by atoms with E-state index in [1.807, 2.05) is 13.8 Å². The summed E-state index contributed by atoms with van der Waals surface area (Å²) in [4.78, 5) is 20.7. The largest absolute Gasteiger partial charge is 0.493 e. The van der Waals surface area contributed by atoms with Crippen molar-refractivity contribution in [3.63, 3.8) is 0 Å². The third-order valence-corrected chi connectivity index (χ3v) is 6.44. The van der Waals surface area contributed by atoms with Gasteiger partial charge in [-0.3, -0.25) is 4.57 Å². The van der Waals surface area contributed by atoms with Crippen LogP contribution < -0.4 is 15.1 Å². The van der Waals surface area contributed by atoms with Gasteiger partial charge in [0.1, 0.15) is 23.4 Å². The quantitative estimate of drug-likeness (QED) is 0.305. The summed E-state index contributed by atoms with van der Waals surface area (Å²) in [7, 11) is -3.86. The van der Waals surface area contributed by atoms with Gasteiger partial charge in [-0.1, -0.05) is 13.8 Å². The number of aromatic amines is 1. The SMILES string of the molecule is CCCOc1ccc(S(=O)(=O)NCCO)cc1-c1nc2c([nH]1)c1nncn1c(=O)n2CCC. The second-order valence-electron chi connectivity index (χ2n) is 7.37. The molecule has 0 aliphatic carbocycles. The lowest BCUT2D eigenvalue weighted by Crippen LogP contribution is -2.26. The van der Waals surface area contributed by atoms with E-state index in [-0.39, 0.29) is 23.7 Å². The van der Waals surface area contributed by atoms with Gasteiger partial charge in [-0.05, 0) is 31.0 Å². The molecule has 0 saturated carbocycles. The highest BCUT2D eigenvalue weighted by Crippen LogP contribution is 2.32. The molecule has 4 aromatic rings. The average molecular weight is 476 g/mol. The zero-order valence-corrected chi connectivity index (χ0v) is 19.1. The Hall–Kier alpha value is -3.29. The molecule has 0 saturated heterocycles. The molecule has 0 fully saturated rings. The predicted molar refractivity (Wildman–Crippen MR) is 121 cm³/mol. The van der Waals surface area contributed by atoms with Crippen molar-refractivity contribution < 1.29 is 18.3 Å². The Morgan fingerprint density at radius 2 is 2.03 bits per heavy atom. The molecule has 176 valence electrons. The first-order valence-electron chi connectivity index (χ1n) is 10.6. The predicted octanol–water partition coefficient (Wildman–Crippen LogP) is 0.904. The maximum Gasteiger partial charge on any atom is 0.336 e. The summed E-state index contributed by atoms with van der Waals surface area (Å²) < 4.78 is 36.3. The number of nitrogens with one attached hydrogen (secondary N) is 2. The van der Waals surface area contributed by atoms with Crippen molar-refractivity contribution >= 4 is 26.8 Å². The highest BCUT2D eigenvalue weighted by atomic mass is 32.2. The van der Waals surface area contributed by atoms with Crippen LogP contribution in [0.5, 0.6) is 5.75 Å². The van der Waals surface area contributed by atoms with Crippen LogP contribution in [0.2, 0.25) is 0 Å². The number of H-pyrrole nitrogens is 1. The molecule has 0 bridgehead atoms. The normalized spacial score (nSPS) is 12.1. The molecule has 1 aromatic carbocycles. The van der Waals surface area contributed by atoms with Gasteiger partial charge in [-0.25, -0.2) is 27.3 Å². The molecule has 0 aliphatic heterocycles. The number of fused-ring (bicyclic) bond motifs is 3. The van der Waals surface area contributed by atoms with Crippen LogP contribution in [-0.2, 0) is 16.6 Å². The Morgan fingerprint density at radius 3 is 2.76 bits per heavy atom. The Bertz CT molecular complexity index is 1460. The van der Waals surface area contributed by atoms with Crippen LogP contribution in [-0.4, -0.2) is 62.4 Å². The molecule has 13 heteroatoms. The zero-order chi connectivity index (χ0) is 23.6. The van der Waals surface area contributed by atoms with Gasteiger partial charge in [0.15, 0.2) is 11.3 Å². The van der Waals surface area contributed by atoms with Crippen LogP contribution in [0.4, 0.5) is 0 Å². The van der Waals surface area contributed by atoms with E-state index in [2.05, 4.69) is 24.9 Å². The minimum Gasteiger partial charge on any atom is -0.493 e. The topological polar surface area (TPSA) is 156 Å². The van der Waals surface area contributed by atoms with Crippen molar-refractivity contribution in [2.45, 2.75) is 38.1 Å². The van der Waals surface area contributed by atoms with Crippen molar-refractivity contribution in [1.29, 1.82) is 0 Å². The third kappa shape index (κ3) is 4.21. The van der Waals surface area contributed by atoms with E-state index in [9.17, 15) is 13.2 Å². The third-order valence-electron chi connectivity index (χ3n) is 4.98. The first kappa shape index (κ1) is 22.9. The fraction of sp³-hybridized carbons (Fsp3) is 0.400. The zero-order valence-electron chi connectivity index (χ0n) is 18.3. The number of imidazole rings is 1. The molecule has 3 N–H and O–H groups in total. The molecular formula is C20H25N7O5S. The van der Waals surface area contributed by atoms with Gasteiger partial charge in [0, 0.05) is 13.1 Å². The molecule has 0 spiro atoms. The number of hydrogen-bond acceptors (Lipinski definition) is 8. The number of ether oxygens (including phenoxy) is 1. The fourth-order valence-corrected chi connectivity index (χ4v) is 4.54. The summed E-state index contributed by atoms with van der Waals surface area (Å²) in [6.45, 7) is 4.35. The molecule has 0 unspecified atom stereocenters. The molecule has 3 aromatic heterocycles. The molecule has 0 radical (unpaired) electrons. The Balaban J connectivity index is 1.94. The van der Waals surface area contributed by atoms with Crippen molar-refractivity contribution in [2.24, 2.45) is 0 Å². The molecule has 3 heterocycles. The van der Waals surface area contributed by atoms with Crippen molar-refractivity contribution in [1.82, 2.24) is 33.9 Å². The molecule has 12 nitrogen and oxygen atoms in total. The molecular weight excluding hydrogens is 450 g/mol. The summed E-state index contributed by atoms with van der Waals surface area (Å²) in [5.74, 6) is 0.773. The average Bonchev–Trinajstić information content (AvgIpc) is 3.46. The van der Waals surface area contributed by atoms with Crippen molar-refractivity contribution in [2.75, 3.05) is 19.8 Å². The number of rotatable bonds is 10. The second-order valence-corrected chi connectivity index (χ2v) is 9.14. The first-order chi connectivity index (χ1) is 15.9. The summed E-state index contributed by atoms with van der Waals surface area (Å²) >= 11 is 0. The number of aliphatic hydroxyl groups excluding tert-OH is 1. The maximum atomic E-state index is 12.9. The monoisotopic (exact) mass is 475 g/mol. The van der Waals surface area contributed by atoms with Gasteiger partial charge in [0.2, 0.25) is 10.0 Å². The molecule has 0 atom stereocenters. The van der Waals surface area contributed by atoms with Gasteiger partial charge in [0.25, 0.3) is 0 Å². The standard InChI is InChI=1S/C20H25N7O5S/c1-3-8-26-18-16(19-25-21-12-27(19)20(26)29)23-17(24-18)14-11-13(33(30,31)22-7-9-28)5-6-15(14)32-10-4-2/h5-6,11-12,22,28H,3-4,7-10H2,1-2H3,(H,23,24). The van der Waals surface area contributed by atoms with E-state index in [1.54, 1.807) is 6.07 Å². The van der Waals surface area contributed by atoms with Crippen LogP contribution in [0, 0.1) is 0 Å². The molecule has 0 amide bonds. The Kier molecular flexibility index (Phi) is 6.44. The molecule has 4 rings (SSSR count). The van der Waals surface area contributed by atoms with Gasteiger partial charge in [0.05, 0.1) is 23.7 Å². The van der Waals surface area contributed by atoms with E-state index < -0.39 is 10.0 Å². The van der Waals surface area contributed by atoms with Gasteiger partial charge in [-0.15, -0.1) is 10.2 Å². The number of aliphatic hydroxyl groups is 1. The highest BCUT2D eigenvalue weighted by molar-refractivity contribution is 7.89. The van der Waals surface area contributed by atoms with Crippen LogP contribution in [0.3, 0.4) is 0 Å². The van der Waals surface area contributed by atoms with Crippen LogP contribution in [0.1, 0.15) is 26.7 Å². The van der Waals surface area contributed by atoms with E-state index in [0.717, 1.165) is 6.42 Å². The summed E-state index contributed by atoms with van der Waals surface area (Å²) in [6, 6.07) is 4.45. The minimum absolute atomic E-state index is 0.00571. The number of aromatic nitrogens is 6. The summed E-state index contributed by atoms with van der Waals surface area (Å²) in [5.41, 5.74) is 1.33. The number of nitrogens with zero attached hydrogens (tertiary/aromatic N) is 5. The number of hydrogen-bond donors (Lipinski definition) is 3. The lowest BCUT2D eigenvalue weighted by atomic mass is 10.2. The smallest absolute Gasteiger partial charge is 0.336 e. The van der Waals surface area contributed by atoms with Gasteiger partial charge < -0.3 is 14.8 Å². The highest BCUT2D eigenvalue weighted by Gasteiger charge is 2.22. The fourth-order valence-electron chi connectivity index (χ4n) is 3.50. The lowest BCUT2D eigenvalue weighted by molar-refractivity contribution is 0.301. The Labute approximate surface area is 189 Å². The van der Waals surface area contributed by atoms with E-state index in [1.165, 1.54) is 27.4 Å². The van der Waals surface area contributed by atoms with E-state index in [4.69, 9.17) is 9.84 Å². The van der Waals surface area contributed by atoms with Crippen molar-refractivity contribution in [3.8, 4) is 17.1 Å². The van der Waals surface area contributed by atoms with Gasteiger partial charge >= 0.3 is 5.69 Å². The van der Waals surface area contributed by atoms with Crippen LogP contribution >= 0.6 is 0 Å². The molecule has 33 heavy (non-hydrogen) atoms. The number of sulfonamides is 1. The van der Waals surface area contributed by atoms with E-state index >= 15 is 0 Å². The lowest BCUT2D eigenvalue weighted by Gasteiger charge is -2.12. The maximum absolute atomic E-state index is 12.9. The number of aryl methyl sites for hydroxylation is 1. The van der Waals surface area contributed by atoms with Crippen LogP contribution in [0.15, 0.2) is 34.2 Å². The summed E-state index contributed by atoms with van der Waals surface area (Å²) in [6.07, 6.45) is 2.81. The number of benzene rings is 1. The van der Waals surface area contributed by atoms with Crippen LogP contribution in [0.25, 0.3) is 28.2 Å². The van der Waals surface area contributed by atoms with Gasteiger partial charge in [-0.2, -0.15) is 0 Å². The summed E-state index contributed by atoms with van der Waals surface area (Å²) in [5, 5.41) is 16.9. The minimum atomic E-state index is -3.86. The molecule has 0 aliphatic rings. The first-order valence-corrected chi connectivity index (χ1v) is 12.1. The van der Waals surface area contributed by atoms with E-state index in [0.29, 0.717) is 53.5 Å². The Morgan fingerprint density at radius 1 is 1.21 bits per heavy atom. The second kappa shape index (κ2) is 9.29. The van der Waals surface area contributed by atoms with Crippen molar-refractivity contribution in [3.05, 3.63) is 35.0 Å².